The van der Waals surface area contributed by atoms with Gasteiger partial charge in [-0.15, -0.1) is 23.5 Å². The summed E-state index contributed by atoms with van der Waals surface area (Å²) in [5, 5.41) is 0. The topological polar surface area (TPSA) is 26.3 Å². The van der Waals surface area contributed by atoms with Gasteiger partial charge in [-0.2, -0.15) is 26.3 Å². The van der Waals surface area contributed by atoms with Crippen molar-refractivity contribution in [2.24, 2.45) is 0 Å². The fraction of sp³-hybridized carbons (Fsp3) is 0.212. The van der Waals surface area contributed by atoms with Crippen LogP contribution in [0.5, 0.6) is 0 Å². The summed E-state index contributed by atoms with van der Waals surface area (Å²) in [4.78, 5) is 2.08. The monoisotopic (exact) mass is 632 g/mol. The Labute approximate surface area is 253 Å². The summed E-state index contributed by atoms with van der Waals surface area (Å²) in [6.07, 6.45) is 10.1. The Hall–Kier alpha value is -3.50. The molecule has 0 N–H and O–H groups in total. The second-order valence-electron chi connectivity index (χ2n) is 9.92. The quantitative estimate of drug-likeness (QED) is 0.143. The summed E-state index contributed by atoms with van der Waals surface area (Å²) in [7, 11) is 0. The number of alkyl halides is 6. The number of rotatable bonds is 8. The molecule has 0 atom stereocenters. The second-order valence-corrected chi connectivity index (χ2v) is 11.7. The molecule has 224 valence electrons. The summed E-state index contributed by atoms with van der Waals surface area (Å²) < 4.78 is 102. The van der Waals surface area contributed by atoms with Gasteiger partial charge in [0, 0.05) is 32.1 Å². The van der Waals surface area contributed by atoms with Crippen molar-refractivity contribution in [2.75, 3.05) is 12.5 Å². The zero-order valence-electron chi connectivity index (χ0n) is 23.5. The standard InChI is InChI=1S/C33H26F6O2S2/c1-19-27(17-23(40-19)11-5-21-7-13-25(42-3)14-8-21)29-30(32(36,37)33(38,39)31(29,34)35)28-18-24(41-20(28)2)12-6-22-9-15-26(43-4)16-10-22/h5-18H,1-4H3/b11-5+,12-6+. The Morgan fingerprint density at radius 2 is 0.907 bits per heavy atom. The molecule has 10 heteroatoms. The lowest BCUT2D eigenvalue weighted by Crippen LogP contribution is -2.48. The molecule has 4 aromatic rings. The van der Waals surface area contributed by atoms with Gasteiger partial charge in [-0.1, -0.05) is 36.4 Å². The molecule has 1 aliphatic rings. The fourth-order valence-electron chi connectivity index (χ4n) is 4.89. The second kappa shape index (κ2) is 11.5. The van der Waals surface area contributed by atoms with E-state index in [4.69, 9.17) is 8.83 Å². The molecule has 2 heterocycles. The van der Waals surface area contributed by atoms with Crippen molar-refractivity contribution in [3.8, 4) is 0 Å². The molecule has 0 saturated heterocycles. The van der Waals surface area contributed by atoms with Gasteiger partial charge in [-0.05, 0) is 86.0 Å². The van der Waals surface area contributed by atoms with Crippen LogP contribution in [0.25, 0.3) is 35.5 Å². The van der Waals surface area contributed by atoms with Crippen molar-refractivity contribution in [3.05, 3.63) is 106 Å². The third-order valence-corrected chi connectivity index (χ3v) is 8.68. The summed E-state index contributed by atoms with van der Waals surface area (Å²) >= 11 is 3.12. The minimum Gasteiger partial charge on any atom is -0.461 e. The van der Waals surface area contributed by atoms with Crippen LogP contribution in [0.15, 0.2) is 79.3 Å². The van der Waals surface area contributed by atoms with Crippen LogP contribution in [0, 0.1) is 13.8 Å². The van der Waals surface area contributed by atoms with E-state index in [9.17, 15) is 8.78 Å². The van der Waals surface area contributed by atoms with Gasteiger partial charge in [0.2, 0.25) is 0 Å². The molecule has 0 bridgehead atoms. The van der Waals surface area contributed by atoms with Crippen LogP contribution in [0.3, 0.4) is 0 Å². The van der Waals surface area contributed by atoms with Gasteiger partial charge in [-0.25, -0.2) is 0 Å². The number of thioether (sulfide) groups is 2. The van der Waals surface area contributed by atoms with E-state index in [0.29, 0.717) is 0 Å². The third-order valence-electron chi connectivity index (χ3n) is 7.19. The predicted octanol–water partition coefficient (Wildman–Crippen LogP) is 11.1. The number of halogens is 6. The zero-order chi connectivity index (χ0) is 31.2. The van der Waals surface area contributed by atoms with E-state index < -0.39 is 40.0 Å². The number of benzene rings is 2. The molecule has 0 spiro atoms. The number of allylic oxidation sites excluding steroid dienone is 2. The first-order valence-corrected chi connectivity index (χ1v) is 15.5. The van der Waals surface area contributed by atoms with E-state index in [0.717, 1.165) is 33.1 Å². The molecular weight excluding hydrogens is 606 g/mol. The van der Waals surface area contributed by atoms with Crippen LogP contribution in [0.2, 0.25) is 0 Å². The molecule has 0 saturated carbocycles. The van der Waals surface area contributed by atoms with Crippen LogP contribution in [-0.2, 0) is 0 Å². The van der Waals surface area contributed by atoms with E-state index in [1.54, 1.807) is 35.7 Å². The molecule has 0 aliphatic heterocycles. The summed E-state index contributed by atoms with van der Waals surface area (Å²) in [5.74, 6) is -16.4. The Morgan fingerprint density at radius 3 is 1.23 bits per heavy atom. The number of aryl methyl sites for hydroxylation is 2. The van der Waals surface area contributed by atoms with Crippen molar-refractivity contribution >= 4 is 59.0 Å². The highest BCUT2D eigenvalue weighted by Crippen LogP contribution is 2.65. The van der Waals surface area contributed by atoms with Gasteiger partial charge in [0.15, 0.2) is 0 Å². The van der Waals surface area contributed by atoms with Crippen LogP contribution in [0.4, 0.5) is 26.3 Å². The fourth-order valence-corrected chi connectivity index (χ4v) is 5.71. The normalized spacial score (nSPS) is 17.5. The van der Waals surface area contributed by atoms with Crippen molar-refractivity contribution in [3.63, 3.8) is 0 Å². The Kier molecular flexibility index (Phi) is 8.30. The highest BCUT2D eigenvalue weighted by molar-refractivity contribution is 7.98. The third kappa shape index (κ3) is 5.51. The molecule has 5 rings (SSSR count). The van der Waals surface area contributed by atoms with Gasteiger partial charge in [0.1, 0.15) is 23.0 Å². The van der Waals surface area contributed by atoms with Crippen molar-refractivity contribution in [1.82, 2.24) is 0 Å². The first-order chi connectivity index (χ1) is 20.3. The molecule has 0 amide bonds. The lowest BCUT2D eigenvalue weighted by Gasteiger charge is -2.25. The van der Waals surface area contributed by atoms with E-state index >= 15 is 17.6 Å². The van der Waals surface area contributed by atoms with E-state index in [2.05, 4.69) is 0 Å². The SMILES string of the molecule is CSc1ccc(/C=C/c2cc(C3=C(c4cc(/C=C/c5ccc(SC)cc5)oc4C)C(F)(F)C(F)(F)C3(F)F)c(C)o2)cc1. The maximum Gasteiger partial charge on any atom is 0.380 e. The van der Waals surface area contributed by atoms with E-state index in [1.807, 2.05) is 61.0 Å². The van der Waals surface area contributed by atoms with Gasteiger partial charge < -0.3 is 8.83 Å². The lowest BCUT2D eigenvalue weighted by atomic mass is 9.95. The Balaban J connectivity index is 1.58. The number of hydrogen-bond donors (Lipinski definition) is 0. The highest BCUT2D eigenvalue weighted by Gasteiger charge is 2.80. The molecular formula is C33H26F6O2S2. The van der Waals surface area contributed by atoms with E-state index in [-0.39, 0.29) is 23.0 Å². The zero-order valence-corrected chi connectivity index (χ0v) is 25.1. The van der Waals surface area contributed by atoms with Crippen LogP contribution in [0.1, 0.15) is 45.3 Å². The first-order valence-electron chi connectivity index (χ1n) is 13.0. The van der Waals surface area contributed by atoms with Crippen molar-refractivity contribution in [1.29, 1.82) is 0 Å². The van der Waals surface area contributed by atoms with Crippen LogP contribution < -0.4 is 0 Å². The molecule has 1 aliphatic carbocycles. The van der Waals surface area contributed by atoms with E-state index in [1.165, 1.54) is 26.0 Å². The molecule has 2 nitrogen and oxygen atoms in total. The van der Waals surface area contributed by atoms with Crippen molar-refractivity contribution < 1.29 is 35.2 Å². The summed E-state index contributed by atoms with van der Waals surface area (Å²) in [6, 6.07) is 17.1. The van der Waals surface area contributed by atoms with Gasteiger partial charge >= 0.3 is 17.8 Å². The molecule has 43 heavy (non-hydrogen) atoms. The minimum absolute atomic E-state index is 0.0441. The average Bonchev–Trinajstić information content (AvgIpc) is 3.56. The Bertz CT molecular complexity index is 1600. The molecule has 0 fully saturated rings. The highest BCUT2D eigenvalue weighted by atomic mass is 32.2. The molecule has 0 radical (unpaired) electrons. The first kappa shape index (κ1) is 30.9. The molecule has 0 unspecified atom stereocenters. The number of furan rings is 2. The number of hydrogen-bond acceptors (Lipinski definition) is 4. The van der Waals surface area contributed by atoms with Crippen LogP contribution in [-0.4, -0.2) is 30.3 Å². The van der Waals surface area contributed by atoms with Gasteiger partial charge in [-0.3, -0.25) is 0 Å². The molecule has 2 aromatic heterocycles. The predicted molar refractivity (Wildman–Crippen MR) is 163 cm³/mol. The lowest BCUT2D eigenvalue weighted by molar-refractivity contribution is -0.254. The maximum atomic E-state index is 15.4. The smallest absolute Gasteiger partial charge is 0.380 e. The minimum atomic E-state index is -5.69. The van der Waals surface area contributed by atoms with Crippen LogP contribution >= 0.6 is 23.5 Å². The molecule has 2 aromatic carbocycles. The summed E-state index contributed by atoms with van der Waals surface area (Å²) in [6.45, 7) is 2.54. The average molecular weight is 633 g/mol. The largest absolute Gasteiger partial charge is 0.461 e. The Morgan fingerprint density at radius 1 is 0.558 bits per heavy atom. The maximum absolute atomic E-state index is 15.4. The van der Waals surface area contributed by atoms with Gasteiger partial charge in [0.25, 0.3) is 0 Å². The van der Waals surface area contributed by atoms with Gasteiger partial charge in [0.05, 0.1) is 0 Å². The van der Waals surface area contributed by atoms with Crippen molar-refractivity contribution in [2.45, 2.75) is 41.4 Å². The summed E-state index contributed by atoms with van der Waals surface area (Å²) in [5.41, 5.74) is -2.49.